The van der Waals surface area contributed by atoms with Gasteiger partial charge in [-0.05, 0) is 31.1 Å². The van der Waals surface area contributed by atoms with E-state index in [2.05, 4.69) is 24.1 Å². The van der Waals surface area contributed by atoms with Gasteiger partial charge in [-0.25, -0.2) is 4.98 Å². The van der Waals surface area contributed by atoms with Crippen LogP contribution < -0.4 is 5.32 Å². The number of likely N-dealkylation sites (tertiary alicyclic amines) is 1. The summed E-state index contributed by atoms with van der Waals surface area (Å²) in [5.41, 5.74) is 1.07. The molecule has 23 heavy (non-hydrogen) atoms. The van der Waals surface area contributed by atoms with Crippen LogP contribution in [0.2, 0.25) is 0 Å². The van der Waals surface area contributed by atoms with Gasteiger partial charge in [-0.3, -0.25) is 4.79 Å². The molecule has 1 saturated heterocycles. The van der Waals surface area contributed by atoms with Crippen LogP contribution in [-0.2, 0) is 18.4 Å². The smallest absolute Gasteiger partial charge is 0.239 e. The minimum absolute atomic E-state index is 0.157. The number of aliphatic hydroxyl groups excluding tert-OH is 1. The fraction of sp³-hybridized carbons (Fsp3) is 0.765. The minimum atomic E-state index is -0.157. The highest BCUT2D eigenvalue weighted by atomic mass is 16.3. The standard InChI is InChI=1S/C17H30N4O2/c1-13(2)8-16(19-10-15-9-18-12-20(15)3)17(23)21-6-4-14(11-22)5-7-21/h9,12-14,16,19,22H,4-8,10-11H2,1-3H3/t16-/m1/s1. The van der Waals surface area contributed by atoms with Crippen LogP contribution in [0, 0.1) is 11.8 Å². The summed E-state index contributed by atoms with van der Waals surface area (Å²) in [5.74, 6) is 1.00. The summed E-state index contributed by atoms with van der Waals surface area (Å²) in [4.78, 5) is 18.9. The number of aromatic nitrogens is 2. The Labute approximate surface area is 138 Å². The van der Waals surface area contributed by atoms with E-state index in [1.165, 1.54) is 0 Å². The molecule has 2 heterocycles. The number of imidazole rings is 1. The second-order valence-electron chi connectivity index (χ2n) is 7.01. The topological polar surface area (TPSA) is 70.4 Å². The summed E-state index contributed by atoms with van der Waals surface area (Å²) in [6, 6.07) is -0.157. The molecule has 2 rings (SSSR count). The third-order valence-electron chi connectivity index (χ3n) is 4.64. The number of piperidine rings is 1. The fourth-order valence-corrected chi connectivity index (χ4v) is 3.08. The van der Waals surface area contributed by atoms with Crippen molar-refractivity contribution in [3.05, 3.63) is 18.2 Å². The zero-order valence-corrected chi connectivity index (χ0v) is 14.5. The summed E-state index contributed by atoms with van der Waals surface area (Å²) < 4.78 is 1.97. The van der Waals surface area contributed by atoms with E-state index in [4.69, 9.17) is 0 Å². The number of aliphatic hydroxyl groups is 1. The first-order valence-corrected chi connectivity index (χ1v) is 8.59. The van der Waals surface area contributed by atoms with Crippen molar-refractivity contribution < 1.29 is 9.90 Å². The molecule has 0 unspecified atom stereocenters. The molecule has 1 atom stereocenters. The van der Waals surface area contributed by atoms with Gasteiger partial charge in [0.1, 0.15) is 0 Å². The molecule has 0 aliphatic carbocycles. The predicted octanol–water partition coefficient (Wildman–Crippen LogP) is 1.16. The van der Waals surface area contributed by atoms with Crippen molar-refractivity contribution in [3.63, 3.8) is 0 Å². The lowest BCUT2D eigenvalue weighted by molar-refractivity contribution is -0.135. The molecule has 1 amide bonds. The molecule has 2 N–H and O–H groups in total. The number of hydrogen-bond donors (Lipinski definition) is 2. The van der Waals surface area contributed by atoms with Crippen molar-refractivity contribution in [3.8, 4) is 0 Å². The van der Waals surface area contributed by atoms with E-state index in [-0.39, 0.29) is 18.6 Å². The molecule has 0 spiro atoms. The molecule has 0 radical (unpaired) electrons. The monoisotopic (exact) mass is 322 g/mol. The van der Waals surface area contributed by atoms with E-state index in [0.29, 0.717) is 18.4 Å². The molecule has 0 aromatic carbocycles. The van der Waals surface area contributed by atoms with Crippen LogP contribution >= 0.6 is 0 Å². The molecule has 0 saturated carbocycles. The minimum Gasteiger partial charge on any atom is -0.396 e. The number of carbonyl (C=O) groups is 1. The zero-order chi connectivity index (χ0) is 16.8. The molecule has 6 heteroatoms. The maximum atomic E-state index is 12.9. The molecule has 6 nitrogen and oxygen atoms in total. The highest BCUT2D eigenvalue weighted by Crippen LogP contribution is 2.18. The average Bonchev–Trinajstić information content (AvgIpc) is 2.95. The summed E-state index contributed by atoms with van der Waals surface area (Å²) in [6.45, 7) is 6.68. The van der Waals surface area contributed by atoms with E-state index >= 15 is 0 Å². The molecule has 1 aromatic heterocycles. The van der Waals surface area contributed by atoms with E-state index in [1.54, 1.807) is 6.33 Å². The maximum Gasteiger partial charge on any atom is 0.239 e. The van der Waals surface area contributed by atoms with Crippen molar-refractivity contribution in [2.45, 2.75) is 45.7 Å². The van der Waals surface area contributed by atoms with Crippen LogP contribution in [0.4, 0.5) is 0 Å². The van der Waals surface area contributed by atoms with E-state index < -0.39 is 0 Å². The van der Waals surface area contributed by atoms with Gasteiger partial charge >= 0.3 is 0 Å². The Morgan fingerprint density at radius 2 is 2.13 bits per heavy atom. The van der Waals surface area contributed by atoms with Crippen LogP contribution in [0.15, 0.2) is 12.5 Å². The Morgan fingerprint density at radius 1 is 1.43 bits per heavy atom. The van der Waals surface area contributed by atoms with Crippen LogP contribution in [0.3, 0.4) is 0 Å². The lowest BCUT2D eigenvalue weighted by Gasteiger charge is -2.34. The van der Waals surface area contributed by atoms with Gasteiger partial charge in [0, 0.05) is 39.5 Å². The Balaban J connectivity index is 1.94. The third kappa shape index (κ3) is 5.04. The SMILES string of the molecule is CC(C)C[C@@H](NCc1cncn1C)C(=O)N1CCC(CO)CC1. The fourth-order valence-electron chi connectivity index (χ4n) is 3.08. The van der Waals surface area contributed by atoms with Crippen LogP contribution in [0.25, 0.3) is 0 Å². The third-order valence-corrected chi connectivity index (χ3v) is 4.64. The molecule has 1 fully saturated rings. The van der Waals surface area contributed by atoms with Gasteiger partial charge < -0.3 is 19.9 Å². The number of nitrogens with one attached hydrogen (secondary N) is 1. The first kappa shape index (κ1) is 17.9. The van der Waals surface area contributed by atoms with Crippen molar-refractivity contribution in [1.82, 2.24) is 19.8 Å². The molecule has 0 bridgehead atoms. The Kier molecular flexibility index (Phi) is 6.59. The highest BCUT2D eigenvalue weighted by Gasteiger charge is 2.28. The lowest BCUT2D eigenvalue weighted by Crippen LogP contribution is -2.49. The first-order chi connectivity index (χ1) is 11.0. The average molecular weight is 322 g/mol. The van der Waals surface area contributed by atoms with Crippen molar-refractivity contribution >= 4 is 5.91 Å². The van der Waals surface area contributed by atoms with E-state index in [0.717, 1.165) is 38.0 Å². The summed E-state index contributed by atoms with van der Waals surface area (Å²) in [6.07, 6.45) is 6.24. The summed E-state index contributed by atoms with van der Waals surface area (Å²) >= 11 is 0. The van der Waals surface area contributed by atoms with Gasteiger partial charge in [-0.1, -0.05) is 13.8 Å². The number of amides is 1. The Hall–Kier alpha value is -1.40. The normalized spacial score (nSPS) is 17.7. The number of carbonyl (C=O) groups excluding carboxylic acids is 1. The molecule has 1 aliphatic heterocycles. The Bertz CT molecular complexity index is 493. The molecular weight excluding hydrogens is 292 g/mol. The van der Waals surface area contributed by atoms with Crippen molar-refractivity contribution in [2.24, 2.45) is 18.9 Å². The highest BCUT2D eigenvalue weighted by molar-refractivity contribution is 5.82. The van der Waals surface area contributed by atoms with Gasteiger partial charge in [0.05, 0.1) is 18.1 Å². The number of nitrogens with zero attached hydrogens (tertiary/aromatic N) is 3. The lowest BCUT2D eigenvalue weighted by atomic mass is 9.96. The van der Waals surface area contributed by atoms with Crippen LogP contribution in [0.5, 0.6) is 0 Å². The maximum absolute atomic E-state index is 12.9. The van der Waals surface area contributed by atoms with Gasteiger partial charge in [-0.2, -0.15) is 0 Å². The largest absolute Gasteiger partial charge is 0.396 e. The van der Waals surface area contributed by atoms with Crippen molar-refractivity contribution in [1.29, 1.82) is 0 Å². The summed E-state index contributed by atoms with van der Waals surface area (Å²) in [7, 11) is 1.96. The molecular formula is C17H30N4O2. The van der Waals surface area contributed by atoms with E-state index in [9.17, 15) is 9.90 Å². The number of hydrogen-bond acceptors (Lipinski definition) is 4. The van der Waals surface area contributed by atoms with Gasteiger partial charge in [0.25, 0.3) is 0 Å². The number of rotatable bonds is 7. The van der Waals surface area contributed by atoms with Gasteiger partial charge in [-0.15, -0.1) is 0 Å². The molecule has 1 aliphatic rings. The molecule has 1 aromatic rings. The zero-order valence-electron chi connectivity index (χ0n) is 14.5. The van der Waals surface area contributed by atoms with Gasteiger partial charge in [0.15, 0.2) is 0 Å². The number of aryl methyl sites for hydroxylation is 1. The molecule has 130 valence electrons. The van der Waals surface area contributed by atoms with Crippen LogP contribution in [0.1, 0.15) is 38.8 Å². The van der Waals surface area contributed by atoms with Crippen LogP contribution in [-0.4, -0.2) is 51.2 Å². The van der Waals surface area contributed by atoms with Crippen molar-refractivity contribution in [2.75, 3.05) is 19.7 Å². The Morgan fingerprint density at radius 3 is 2.65 bits per heavy atom. The predicted molar refractivity (Wildman–Crippen MR) is 89.7 cm³/mol. The first-order valence-electron chi connectivity index (χ1n) is 8.59. The summed E-state index contributed by atoms with van der Waals surface area (Å²) in [5, 5.41) is 12.7. The second-order valence-corrected chi connectivity index (χ2v) is 7.01. The van der Waals surface area contributed by atoms with Gasteiger partial charge in [0.2, 0.25) is 5.91 Å². The van der Waals surface area contributed by atoms with E-state index in [1.807, 2.05) is 22.7 Å². The quantitative estimate of drug-likeness (QED) is 0.790. The second kappa shape index (κ2) is 8.45.